The third-order valence-electron chi connectivity index (χ3n) is 4.22. The molecule has 0 radical (unpaired) electrons. The van der Waals surface area contributed by atoms with Crippen molar-refractivity contribution in [3.8, 4) is 5.75 Å². The van der Waals surface area contributed by atoms with E-state index in [1.54, 1.807) is 19.2 Å². The van der Waals surface area contributed by atoms with Gasteiger partial charge in [-0.3, -0.25) is 4.99 Å². The van der Waals surface area contributed by atoms with Crippen LogP contribution in [-0.2, 0) is 6.42 Å². The smallest absolute Gasteiger partial charge is 0.191 e. The van der Waals surface area contributed by atoms with Crippen LogP contribution in [-0.4, -0.2) is 26.2 Å². The minimum atomic E-state index is -0.282. The molecular weight excluding hydrogens is 468 g/mol. The highest BCUT2D eigenvalue weighted by atomic mass is 127. The van der Waals surface area contributed by atoms with Crippen LogP contribution in [0.15, 0.2) is 47.5 Å². The second-order valence-electron chi connectivity index (χ2n) is 5.82. The standard InChI is InChI=1S/C19H21ClFN3O.HI/c1-22-19(23-11-9-13-15(20)6-4-7-16(13)21)24-17-10-12-25-18-8-3-2-5-14(17)18;/h2-8,17H,9-12H2,1H3,(H2,22,23,24);1H. The van der Waals surface area contributed by atoms with E-state index in [9.17, 15) is 4.39 Å². The molecule has 0 bridgehead atoms. The van der Waals surface area contributed by atoms with Crippen molar-refractivity contribution in [1.29, 1.82) is 0 Å². The summed E-state index contributed by atoms with van der Waals surface area (Å²) >= 11 is 6.06. The molecule has 1 unspecified atom stereocenters. The normalized spacial score (nSPS) is 16.1. The average molecular weight is 490 g/mol. The first-order valence-corrected chi connectivity index (χ1v) is 8.68. The van der Waals surface area contributed by atoms with Crippen LogP contribution in [0.2, 0.25) is 5.02 Å². The molecule has 2 aromatic rings. The maximum absolute atomic E-state index is 13.8. The van der Waals surface area contributed by atoms with Crippen LogP contribution in [0.4, 0.5) is 4.39 Å². The Morgan fingerprint density at radius 3 is 2.85 bits per heavy atom. The lowest BCUT2D eigenvalue weighted by Crippen LogP contribution is -2.41. The topological polar surface area (TPSA) is 45.7 Å². The number of benzene rings is 2. The van der Waals surface area contributed by atoms with Crippen LogP contribution >= 0.6 is 35.6 Å². The van der Waals surface area contributed by atoms with Crippen LogP contribution in [0.25, 0.3) is 0 Å². The van der Waals surface area contributed by atoms with Crippen LogP contribution in [0.1, 0.15) is 23.6 Å². The maximum Gasteiger partial charge on any atom is 0.191 e. The lowest BCUT2D eigenvalue weighted by molar-refractivity contribution is 0.261. The molecule has 2 aromatic carbocycles. The summed E-state index contributed by atoms with van der Waals surface area (Å²) in [5.41, 5.74) is 1.64. The Hall–Kier alpha value is -1.54. The van der Waals surface area contributed by atoms with E-state index >= 15 is 0 Å². The third kappa shape index (κ3) is 5.01. The first-order chi connectivity index (χ1) is 12.2. The van der Waals surface area contributed by atoms with Crippen molar-refractivity contribution in [1.82, 2.24) is 10.6 Å². The molecule has 1 heterocycles. The van der Waals surface area contributed by atoms with Gasteiger partial charge in [-0.05, 0) is 24.6 Å². The van der Waals surface area contributed by atoms with Crippen molar-refractivity contribution in [3.63, 3.8) is 0 Å². The molecule has 4 nitrogen and oxygen atoms in total. The van der Waals surface area contributed by atoms with Crippen molar-refractivity contribution < 1.29 is 9.13 Å². The van der Waals surface area contributed by atoms with E-state index in [-0.39, 0.29) is 35.8 Å². The fraction of sp³-hybridized carbons (Fsp3) is 0.316. The number of nitrogens with zero attached hydrogens (tertiary/aromatic N) is 1. The van der Waals surface area contributed by atoms with Crippen molar-refractivity contribution in [2.45, 2.75) is 18.9 Å². The molecule has 0 saturated heterocycles. The van der Waals surface area contributed by atoms with E-state index in [2.05, 4.69) is 21.7 Å². The lowest BCUT2D eigenvalue weighted by Gasteiger charge is -2.28. The van der Waals surface area contributed by atoms with Gasteiger partial charge in [0.2, 0.25) is 0 Å². The lowest BCUT2D eigenvalue weighted by atomic mass is 10.0. The van der Waals surface area contributed by atoms with Gasteiger partial charge in [-0.25, -0.2) is 4.39 Å². The first-order valence-electron chi connectivity index (χ1n) is 8.31. The molecule has 3 rings (SSSR count). The molecule has 0 fully saturated rings. The summed E-state index contributed by atoms with van der Waals surface area (Å²) in [4.78, 5) is 4.26. The van der Waals surface area contributed by atoms with E-state index in [4.69, 9.17) is 16.3 Å². The van der Waals surface area contributed by atoms with Gasteiger partial charge in [-0.2, -0.15) is 0 Å². The SMILES string of the molecule is CN=C(NCCc1c(F)cccc1Cl)NC1CCOc2ccccc21.I. The van der Waals surface area contributed by atoms with Crippen molar-refractivity contribution in [2.75, 3.05) is 20.2 Å². The van der Waals surface area contributed by atoms with E-state index in [0.29, 0.717) is 36.1 Å². The molecule has 1 aliphatic heterocycles. The predicted octanol–water partition coefficient (Wildman–Crippen LogP) is 4.33. The number of hydrogen-bond donors (Lipinski definition) is 2. The summed E-state index contributed by atoms with van der Waals surface area (Å²) in [6.07, 6.45) is 1.34. The highest BCUT2D eigenvalue weighted by Gasteiger charge is 2.21. The maximum atomic E-state index is 13.8. The molecule has 26 heavy (non-hydrogen) atoms. The van der Waals surface area contributed by atoms with E-state index in [1.165, 1.54) is 6.07 Å². The Kier molecular flexibility index (Phi) is 7.96. The second-order valence-corrected chi connectivity index (χ2v) is 6.23. The third-order valence-corrected chi connectivity index (χ3v) is 4.58. The zero-order chi connectivity index (χ0) is 17.6. The summed E-state index contributed by atoms with van der Waals surface area (Å²) in [6.45, 7) is 1.20. The molecule has 0 amide bonds. The number of aliphatic imine (C=N–C) groups is 1. The molecule has 2 N–H and O–H groups in total. The number of ether oxygens (including phenoxy) is 1. The van der Waals surface area contributed by atoms with Crippen LogP contribution in [0.5, 0.6) is 5.75 Å². The van der Waals surface area contributed by atoms with Crippen LogP contribution in [0.3, 0.4) is 0 Å². The number of halogens is 3. The van der Waals surface area contributed by atoms with Crippen LogP contribution < -0.4 is 15.4 Å². The largest absolute Gasteiger partial charge is 0.493 e. The quantitative estimate of drug-likeness (QED) is 0.382. The highest BCUT2D eigenvalue weighted by molar-refractivity contribution is 14.0. The van der Waals surface area contributed by atoms with Crippen molar-refractivity contribution in [2.24, 2.45) is 4.99 Å². The Balaban J connectivity index is 0.00000243. The van der Waals surface area contributed by atoms with Gasteiger partial charge in [0.15, 0.2) is 5.96 Å². The van der Waals surface area contributed by atoms with Crippen molar-refractivity contribution in [3.05, 3.63) is 64.4 Å². The fourth-order valence-electron chi connectivity index (χ4n) is 2.93. The summed E-state index contributed by atoms with van der Waals surface area (Å²) < 4.78 is 19.5. The van der Waals surface area contributed by atoms with Gasteiger partial charge < -0.3 is 15.4 Å². The number of fused-ring (bicyclic) bond motifs is 1. The molecule has 0 saturated carbocycles. The Morgan fingerprint density at radius 1 is 1.27 bits per heavy atom. The second kappa shape index (κ2) is 9.97. The zero-order valence-electron chi connectivity index (χ0n) is 14.5. The van der Waals surface area contributed by atoms with Gasteiger partial charge in [-0.15, -0.1) is 24.0 Å². The minimum absolute atomic E-state index is 0. The first kappa shape index (κ1) is 20.8. The van der Waals surface area contributed by atoms with Crippen LogP contribution in [0, 0.1) is 5.82 Å². The van der Waals surface area contributed by atoms with E-state index in [1.807, 2.05) is 18.2 Å². The van der Waals surface area contributed by atoms with Gasteiger partial charge in [-0.1, -0.05) is 35.9 Å². The Labute approximate surface area is 175 Å². The summed E-state index contributed by atoms with van der Waals surface area (Å²) in [7, 11) is 1.72. The van der Waals surface area contributed by atoms with Gasteiger partial charge in [0.1, 0.15) is 11.6 Å². The van der Waals surface area contributed by atoms with E-state index < -0.39 is 0 Å². The van der Waals surface area contributed by atoms with E-state index in [0.717, 1.165) is 17.7 Å². The molecule has 1 atom stereocenters. The molecule has 7 heteroatoms. The van der Waals surface area contributed by atoms with Crippen molar-refractivity contribution >= 4 is 41.5 Å². The fourth-order valence-corrected chi connectivity index (χ4v) is 3.19. The Bertz CT molecular complexity index is 752. The number of rotatable bonds is 4. The predicted molar refractivity (Wildman–Crippen MR) is 114 cm³/mol. The zero-order valence-corrected chi connectivity index (χ0v) is 17.6. The minimum Gasteiger partial charge on any atom is -0.493 e. The monoisotopic (exact) mass is 489 g/mol. The molecule has 0 aromatic heterocycles. The van der Waals surface area contributed by atoms with Gasteiger partial charge >= 0.3 is 0 Å². The molecule has 0 spiro atoms. The van der Waals surface area contributed by atoms with Gasteiger partial charge in [0.05, 0.1) is 12.6 Å². The highest BCUT2D eigenvalue weighted by Crippen LogP contribution is 2.31. The van der Waals surface area contributed by atoms with Gasteiger partial charge in [0.25, 0.3) is 0 Å². The number of hydrogen-bond acceptors (Lipinski definition) is 2. The Morgan fingerprint density at radius 2 is 2.08 bits per heavy atom. The molecular formula is C19H22ClFIN3O. The number of para-hydroxylation sites is 1. The summed E-state index contributed by atoms with van der Waals surface area (Å²) in [6, 6.07) is 12.9. The number of guanidine groups is 1. The van der Waals surface area contributed by atoms with Gasteiger partial charge in [0, 0.05) is 36.2 Å². The number of nitrogens with one attached hydrogen (secondary N) is 2. The molecule has 140 valence electrons. The molecule has 0 aliphatic carbocycles. The summed E-state index contributed by atoms with van der Waals surface area (Å²) in [5.74, 6) is 1.30. The summed E-state index contributed by atoms with van der Waals surface area (Å²) in [5, 5.41) is 7.08. The average Bonchev–Trinajstić information content (AvgIpc) is 2.63. The molecule has 1 aliphatic rings.